The maximum Gasteiger partial charge on any atom is 0.0337 e. The lowest BCUT2D eigenvalue weighted by Gasteiger charge is -2.03. The van der Waals surface area contributed by atoms with E-state index in [1.54, 1.807) is 6.20 Å². The van der Waals surface area contributed by atoms with E-state index in [2.05, 4.69) is 40.6 Å². The molecule has 0 aliphatic carbocycles. The van der Waals surface area contributed by atoms with Crippen LogP contribution >= 0.6 is 0 Å². The zero-order valence-electron chi connectivity index (χ0n) is 8.77. The van der Waals surface area contributed by atoms with E-state index in [0.29, 0.717) is 0 Å². The Balaban J connectivity index is 2.11. The van der Waals surface area contributed by atoms with Crippen LogP contribution in [0.3, 0.4) is 0 Å². The molecule has 0 atom stereocenters. The van der Waals surface area contributed by atoms with Gasteiger partial charge in [0.1, 0.15) is 0 Å². The second-order valence-corrected chi connectivity index (χ2v) is 3.48. The molecule has 0 spiro atoms. The monoisotopic (exact) mass is 198 g/mol. The molecule has 0 unspecified atom stereocenters. The second kappa shape index (κ2) is 4.60. The Morgan fingerprint density at radius 3 is 2.47 bits per heavy atom. The number of aromatic nitrogens is 1. The molecule has 2 heteroatoms. The van der Waals surface area contributed by atoms with Crippen LogP contribution in [0.5, 0.6) is 0 Å². The van der Waals surface area contributed by atoms with Crippen LogP contribution in [0.1, 0.15) is 11.1 Å². The molecular weight excluding hydrogens is 184 g/mol. The minimum Gasteiger partial charge on any atom is -0.388 e. The van der Waals surface area contributed by atoms with Crippen LogP contribution in [-0.2, 0) is 6.42 Å². The molecule has 1 heterocycles. The average Bonchev–Trinajstić information content (AvgIpc) is 2.31. The summed E-state index contributed by atoms with van der Waals surface area (Å²) in [7, 11) is 1.93. The van der Waals surface area contributed by atoms with Crippen molar-refractivity contribution in [2.24, 2.45) is 0 Å². The van der Waals surface area contributed by atoms with E-state index in [1.807, 2.05) is 19.3 Å². The van der Waals surface area contributed by atoms with E-state index in [-0.39, 0.29) is 0 Å². The average molecular weight is 198 g/mol. The van der Waals surface area contributed by atoms with E-state index in [0.717, 1.165) is 12.1 Å². The predicted molar refractivity (Wildman–Crippen MR) is 63.0 cm³/mol. The predicted octanol–water partition coefficient (Wildman–Crippen LogP) is 2.71. The fourth-order valence-corrected chi connectivity index (χ4v) is 1.53. The third-order valence-electron chi connectivity index (χ3n) is 2.37. The van der Waals surface area contributed by atoms with Crippen LogP contribution in [0.15, 0.2) is 48.8 Å². The van der Waals surface area contributed by atoms with E-state index in [4.69, 9.17) is 0 Å². The normalized spacial score (nSPS) is 9.93. The van der Waals surface area contributed by atoms with E-state index in [1.165, 1.54) is 11.1 Å². The molecule has 1 aromatic carbocycles. The van der Waals surface area contributed by atoms with Crippen molar-refractivity contribution < 1.29 is 0 Å². The lowest BCUT2D eigenvalue weighted by atomic mass is 10.1. The molecule has 0 saturated carbocycles. The Hall–Kier alpha value is -1.83. The molecule has 0 saturated heterocycles. The maximum atomic E-state index is 4.10. The third kappa shape index (κ3) is 2.56. The highest BCUT2D eigenvalue weighted by Crippen LogP contribution is 2.12. The largest absolute Gasteiger partial charge is 0.388 e. The van der Waals surface area contributed by atoms with Gasteiger partial charge in [0, 0.05) is 25.1 Å². The van der Waals surface area contributed by atoms with Crippen molar-refractivity contribution in [1.82, 2.24) is 4.98 Å². The summed E-state index contributed by atoms with van der Waals surface area (Å²) in [6, 6.07) is 12.5. The molecular formula is C13H14N2. The van der Waals surface area contributed by atoms with Crippen LogP contribution in [0, 0.1) is 0 Å². The number of hydrogen-bond acceptors (Lipinski definition) is 2. The standard InChI is InChI=1S/C13H14N2/c1-14-13-6-4-11(5-7-13)9-12-3-2-8-15-10-12/h2-8,10,14H,9H2,1H3. The van der Waals surface area contributed by atoms with E-state index in [9.17, 15) is 0 Å². The molecule has 2 aromatic rings. The lowest BCUT2D eigenvalue weighted by molar-refractivity contribution is 1.15. The van der Waals surface area contributed by atoms with Gasteiger partial charge in [0.2, 0.25) is 0 Å². The van der Waals surface area contributed by atoms with Crippen LogP contribution in [0.25, 0.3) is 0 Å². The molecule has 2 rings (SSSR count). The quantitative estimate of drug-likeness (QED) is 0.820. The molecule has 0 fully saturated rings. The van der Waals surface area contributed by atoms with Crippen LogP contribution in [0.2, 0.25) is 0 Å². The lowest BCUT2D eigenvalue weighted by Crippen LogP contribution is -1.91. The Morgan fingerprint density at radius 1 is 1.07 bits per heavy atom. The summed E-state index contributed by atoms with van der Waals surface area (Å²) in [6.45, 7) is 0. The smallest absolute Gasteiger partial charge is 0.0337 e. The van der Waals surface area contributed by atoms with Crippen molar-refractivity contribution in [3.63, 3.8) is 0 Å². The van der Waals surface area contributed by atoms with Crippen molar-refractivity contribution in [1.29, 1.82) is 0 Å². The Kier molecular flexibility index (Phi) is 2.98. The zero-order chi connectivity index (χ0) is 10.5. The maximum absolute atomic E-state index is 4.10. The summed E-state index contributed by atoms with van der Waals surface area (Å²) in [6.07, 6.45) is 4.65. The van der Waals surface area contributed by atoms with Gasteiger partial charge in [-0.05, 0) is 35.7 Å². The fraction of sp³-hybridized carbons (Fsp3) is 0.154. The molecule has 0 bridgehead atoms. The Bertz CT molecular complexity index is 406. The number of nitrogens with zero attached hydrogens (tertiary/aromatic N) is 1. The first-order valence-corrected chi connectivity index (χ1v) is 5.04. The summed E-state index contributed by atoms with van der Waals surface area (Å²) in [5, 5.41) is 3.11. The van der Waals surface area contributed by atoms with Gasteiger partial charge in [0.15, 0.2) is 0 Å². The van der Waals surface area contributed by atoms with Gasteiger partial charge < -0.3 is 5.32 Å². The van der Waals surface area contributed by atoms with Gasteiger partial charge in [-0.15, -0.1) is 0 Å². The van der Waals surface area contributed by atoms with Crippen LogP contribution < -0.4 is 5.32 Å². The summed E-state index contributed by atoms with van der Waals surface area (Å²) < 4.78 is 0. The summed E-state index contributed by atoms with van der Waals surface area (Å²) in [4.78, 5) is 4.10. The van der Waals surface area contributed by atoms with Crippen molar-refractivity contribution in [2.75, 3.05) is 12.4 Å². The molecule has 0 radical (unpaired) electrons. The first-order chi connectivity index (χ1) is 7.38. The van der Waals surface area contributed by atoms with Crippen LogP contribution in [-0.4, -0.2) is 12.0 Å². The van der Waals surface area contributed by atoms with E-state index < -0.39 is 0 Å². The van der Waals surface area contributed by atoms with Crippen molar-refractivity contribution in [3.8, 4) is 0 Å². The molecule has 1 aromatic heterocycles. The van der Waals surface area contributed by atoms with Gasteiger partial charge in [-0.3, -0.25) is 4.98 Å². The van der Waals surface area contributed by atoms with Gasteiger partial charge in [-0.25, -0.2) is 0 Å². The molecule has 76 valence electrons. The van der Waals surface area contributed by atoms with Crippen molar-refractivity contribution in [3.05, 3.63) is 59.9 Å². The fourth-order valence-electron chi connectivity index (χ4n) is 1.53. The molecule has 15 heavy (non-hydrogen) atoms. The number of pyridine rings is 1. The summed E-state index contributed by atoms with van der Waals surface area (Å²) >= 11 is 0. The molecule has 0 amide bonds. The van der Waals surface area contributed by atoms with Gasteiger partial charge in [0.05, 0.1) is 0 Å². The van der Waals surface area contributed by atoms with Crippen molar-refractivity contribution in [2.45, 2.75) is 6.42 Å². The van der Waals surface area contributed by atoms with Crippen LogP contribution in [0.4, 0.5) is 5.69 Å². The SMILES string of the molecule is CNc1ccc(Cc2cccnc2)cc1. The highest BCUT2D eigenvalue weighted by molar-refractivity contribution is 5.44. The number of anilines is 1. The van der Waals surface area contributed by atoms with Gasteiger partial charge in [-0.2, -0.15) is 0 Å². The number of hydrogen-bond donors (Lipinski definition) is 1. The third-order valence-corrected chi connectivity index (χ3v) is 2.37. The highest BCUT2D eigenvalue weighted by Gasteiger charge is 1.95. The second-order valence-electron chi connectivity index (χ2n) is 3.48. The summed E-state index contributed by atoms with van der Waals surface area (Å²) in [5.74, 6) is 0. The zero-order valence-corrected chi connectivity index (χ0v) is 8.77. The first-order valence-electron chi connectivity index (χ1n) is 5.04. The van der Waals surface area contributed by atoms with Gasteiger partial charge in [0.25, 0.3) is 0 Å². The van der Waals surface area contributed by atoms with Crippen molar-refractivity contribution >= 4 is 5.69 Å². The Labute approximate surface area is 90.0 Å². The molecule has 0 aliphatic rings. The molecule has 0 aliphatic heterocycles. The summed E-state index contributed by atoms with van der Waals surface area (Å²) in [5.41, 5.74) is 3.70. The minimum atomic E-state index is 0.942. The topological polar surface area (TPSA) is 24.9 Å². The van der Waals surface area contributed by atoms with E-state index >= 15 is 0 Å². The first kappa shape index (κ1) is 9.71. The van der Waals surface area contributed by atoms with Gasteiger partial charge >= 0.3 is 0 Å². The minimum absolute atomic E-state index is 0.942. The number of nitrogens with one attached hydrogen (secondary N) is 1. The Morgan fingerprint density at radius 2 is 1.87 bits per heavy atom. The molecule has 1 N–H and O–H groups in total. The van der Waals surface area contributed by atoms with Gasteiger partial charge in [-0.1, -0.05) is 18.2 Å². The highest BCUT2D eigenvalue weighted by atomic mass is 14.8. The number of benzene rings is 1. The number of rotatable bonds is 3. The molecule has 2 nitrogen and oxygen atoms in total.